The Morgan fingerprint density at radius 3 is 2.48 bits per heavy atom. The highest BCUT2D eigenvalue weighted by molar-refractivity contribution is 7.92. The number of benzene rings is 2. The lowest BCUT2D eigenvalue weighted by Gasteiger charge is -2.26. The molecule has 180 valence electrons. The smallest absolute Gasteiger partial charge is 0.232 e. The molecule has 0 saturated carbocycles. The van der Waals surface area contributed by atoms with Crippen LogP contribution in [0.25, 0.3) is 0 Å². The van der Waals surface area contributed by atoms with E-state index in [1.807, 2.05) is 38.1 Å². The number of carbonyl (C=O) groups excluding carboxylic acids is 1. The summed E-state index contributed by atoms with van der Waals surface area (Å²) in [5.74, 6) is -0.0640. The van der Waals surface area contributed by atoms with Gasteiger partial charge in [0.2, 0.25) is 15.9 Å². The summed E-state index contributed by atoms with van der Waals surface area (Å²) in [6.07, 6.45) is 5.83. The third kappa shape index (κ3) is 7.86. The van der Waals surface area contributed by atoms with Crippen LogP contribution in [0.15, 0.2) is 42.5 Å². The van der Waals surface area contributed by atoms with Gasteiger partial charge in [-0.05, 0) is 74.5 Å². The first-order chi connectivity index (χ1) is 15.7. The molecule has 1 fully saturated rings. The first kappa shape index (κ1) is 25.2. The fraction of sp³-hybridized carbons (Fsp3) is 0.500. The van der Waals surface area contributed by atoms with Gasteiger partial charge in [0, 0.05) is 26.1 Å². The molecule has 0 spiro atoms. The zero-order valence-corrected chi connectivity index (χ0v) is 21.0. The van der Waals surface area contributed by atoms with E-state index in [1.165, 1.54) is 35.4 Å². The number of anilines is 1. The average Bonchev–Trinajstić information content (AvgIpc) is 2.77. The number of amides is 1. The van der Waals surface area contributed by atoms with E-state index in [9.17, 15) is 13.2 Å². The molecular formula is C26H37N3O3S. The molecule has 33 heavy (non-hydrogen) atoms. The molecule has 0 radical (unpaired) electrons. The second kappa shape index (κ2) is 11.7. The number of piperidine rings is 1. The summed E-state index contributed by atoms with van der Waals surface area (Å²) in [6, 6.07) is 14.2. The summed E-state index contributed by atoms with van der Waals surface area (Å²) in [7, 11) is -3.43. The summed E-state index contributed by atoms with van der Waals surface area (Å²) in [5, 5.41) is 2.98. The van der Waals surface area contributed by atoms with Crippen LogP contribution in [0.2, 0.25) is 0 Å². The fourth-order valence-electron chi connectivity index (χ4n) is 4.34. The molecule has 6 nitrogen and oxygen atoms in total. The van der Waals surface area contributed by atoms with Gasteiger partial charge < -0.3 is 5.32 Å². The van der Waals surface area contributed by atoms with Gasteiger partial charge >= 0.3 is 0 Å². The van der Waals surface area contributed by atoms with Crippen molar-refractivity contribution in [2.45, 2.75) is 59.0 Å². The van der Waals surface area contributed by atoms with Crippen molar-refractivity contribution in [2.24, 2.45) is 0 Å². The molecule has 1 amide bonds. The first-order valence-electron chi connectivity index (χ1n) is 11.8. The summed E-state index contributed by atoms with van der Waals surface area (Å²) in [5.41, 5.74) is 4.96. The minimum Gasteiger partial charge on any atom is -0.352 e. The van der Waals surface area contributed by atoms with E-state index in [4.69, 9.17) is 0 Å². The molecule has 2 aromatic rings. The number of likely N-dealkylation sites (tertiary alicyclic amines) is 1. The molecule has 1 saturated heterocycles. The lowest BCUT2D eigenvalue weighted by molar-refractivity contribution is -0.121. The molecule has 0 atom stereocenters. The highest BCUT2D eigenvalue weighted by Crippen LogP contribution is 2.24. The maximum atomic E-state index is 12.4. The van der Waals surface area contributed by atoms with Crippen LogP contribution in [0.1, 0.15) is 54.4 Å². The van der Waals surface area contributed by atoms with Gasteiger partial charge in [-0.15, -0.1) is 0 Å². The van der Waals surface area contributed by atoms with Crippen LogP contribution in [-0.2, 0) is 27.9 Å². The van der Waals surface area contributed by atoms with E-state index in [1.54, 1.807) is 0 Å². The normalized spacial score (nSPS) is 14.8. The zero-order chi connectivity index (χ0) is 23.8. The molecular weight excluding hydrogens is 434 g/mol. The van der Waals surface area contributed by atoms with E-state index >= 15 is 0 Å². The Hall–Kier alpha value is -2.38. The number of aryl methyl sites for hydroxylation is 2. The molecule has 1 heterocycles. The summed E-state index contributed by atoms with van der Waals surface area (Å²) in [4.78, 5) is 14.9. The van der Waals surface area contributed by atoms with Crippen molar-refractivity contribution in [1.29, 1.82) is 0 Å². The number of nitrogens with one attached hydrogen (secondary N) is 1. The molecule has 1 aliphatic rings. The van der Waals surface area contributed by atoms with Crippen molar-refractivity contribution in [3.05, 3.63) is 64.7 Å². The standard InChI is InChI=1S/C26H37N3O3S/c1-21-12-13-22(2)25(17-21)29(33(3,31)32)16-8-11-26(30)27-19-23-9-7-10-24(18-23)20-28-14-5-4-6-15-28/h7,9-10,12-13,17-18H,4-6,8,11,14-16,19-20H2,1-3H3,(H,27,30). The van der Waals surface area contributed by atoms with E-state index < -0.39 is 10.0 Å². The first-order valence-corrected chi connectivity index (χ1v) is 13.7. The van der Waals surface area contributed by atoms with Crippen LogP contribution in [0.5, 0.6) is 0 Å². The van der Waals surface area contributed by atoms with E-state index in [0.717, 1.165) is 36.3 Å². The summed E-state index contributed by atoms with van der Waals surface area (Å²) in [6.45, 7) is 7.89. The van der Waals surface area contributed by atoms with Gasteiger partial charge in [0.15, 0.2) is 0 Å². The zero-order valence-electron chi connectivity index (χ0n) is 20.1. The largest absolute Gasteiger partial charge is 0.352 e. The van der Waals surface area contributed by atoms with Crippen molar-refractivity contribution in [2.75, 3.05) is 30.2 Å². The number of hydrogen-bond acceptors (Lipinski definition) is 4. The molecule has 0 unspecified atom stereocenters. The Morgan fingerprint density at radius 2 is 1.76 bits per heavy atom. The molecule has 7 heteroatoms. The lowest BCUT2D eigenvalue weighted by atomic mass is 10.1. The van der Waals surface area contributed by atoms with Crippen LogP contribution >= 0.6 is 0 Å². The average molecular weight is 472 g/mol. The second-order valence-corrected chi connectivity index (χ2v) is 11.1. The Morgan fingerprint density at radius 1 is 1.03 bits per heavy atom. The molecule has 0 aliphatic carbocycles. The highest BCUT2D eigenvalue weighted by atomic mass is 32.2. The number of rotatable bonds is 10. The minimum atomic E-state index is -3.43. The quantitative estimate of drug-likeness (QED) is 0.565. The SMILES string of the molecule is Cc1ccc(C)c(N(CCCC(=O)NCc2cccc(CN3CCCCC3)c2)S(C)(=O)=O)c1. The number of nitrogens with zero attached hydrogens (tertiary/aromatic N) is 2. The van der Waals surface area contributed by atoms with Crippen LogP contribution in [0, 0.1) is 13.8 Å². The number of carbonyl (C=O) groups is 1. The Kier molecular flexibility index (Phi) is 8.92. The van der Waals surface area contributed by atoms with Gasteiger partial charge in [-0.25, -0.2) is 8.42 Å². The predicted octanol–water partition coefficient (Wildman–Crippen LogP) is 4.15. The molecule has 1 aliphatic heterocycles. The van der Waals surface area contributed by atoms with Crippen molar-refractivity contribution in [3.8, 4) is 0 Å². The molecule has 2 aromatic carbocycles. The van der Waals surface area contributed by atoms with Crippen LogP contribution < -0.4 is 9.62 Å². The third-order valence-electron chi connectivity index (χ3n) is 6.13. The summed E-state index contributed by atoms with van der Waals surface area (Å²) < 4.78 is 26.2. The minimum absolute atomic E-state index is 0.0640. The molecule has 3 rings (SSSR count). The second-order valence-electron chi connectivity index (χ2n) is 9.16. The van der Waals surface area contributed by atoms with Crippen LogP contribution in [-0.4, -0.2) is 45.1 Å². The number of hydrogen-bond donors (Lipinski definition) is 1. The third-order valence-corrected chi connectivity index (χ3v) is 7.31. The van der Waals surface area contributed by atoms with E-state index in [2.05, 4.69) is 28.4 Å². The highest BCUT2D eigenvalue weighted by Gasteiger charge is 2.19. The van der Waals surface area contributed by atoms with Crippen molar-refractivity contribution < 1.29 is 13.2 Å². The van der Waals surface area contributed by atoms with Gasteiger partial charge in [0.25, 0.3) is 0 Å². The van der Waals surface area contributed by atoms with Crippen molar-refractivity contribution in [1.82, 2.24) is 10.2 Å². The van der Waals surface area contributed by atoms with Crippen LogP contribution in [0.3, 0.4) is 0 Å². The van der Waals surface area contributed by atoms with E-state index in [-0.39, 0.29) is 18.9 Å². The van der Waals surface area contributed by atoms with Crippen molar-refractivity contribution >= 4 is 21.6 Å². The van der Waals surface area contributed by atoms with Gasteiger partial charge in [-0.2, -0.15) is 0 Å². The van der Waals surface area contributed by atoms with Gasteiger partial charge in [-0.1, -0.05) is 42.8 Å². The molecule has 0 bridgehead atoms. The van der Waals surface area contributed by atoms with Crippen molar-refractivity contribution in [3.63, 3.8) is 0 Å². The molecule has 1 N–H and O–H groups in total. The van der Waals surface area contributed by atoms with E-state index in [0.29, 0.717) is 18.7 Å². The molecule has 0 aromatic heterocycles. The van der Waals surface area contributed by atoms with Crippen LogP contribution in [0.4, 0.5) is 5.69 Å². The topological polar surface area (TPSA) is 69.7 Å². The maximum Gasteiger partial charge on any atom is 0.232 e. The predicted molar refractivity (Wildman–Crippen MR) is 135 cm³/mol. The maximum absolute atomic E-state index is 12.4. The Bertz CT molecular complexity index is 1050. The van der Waals surface area contributed by atoms with Gasteiger partial charge in [0.1, 0.15) is 0 Å². The Balaban J connectivity index is 1.49. The lowest BCUT2D eigenvalue weighted by Crippen LogP contribution is -2.32. The number of sulfonamides is 1. The van der Waals surface area contributed by atoms with Gasteiger partial charge in [0.05, 0.1) is 11.9 Å². The summed E-state index contributed by atoms with van der Waals surface area (Å²) >= 11 is 0. The van der Waals surface area contributed by atoms with Gasteiger partial charge in [-0.3, -0.25) is 14.0 Å². The monoisotopic (exact) mass is 471 g/mol. The fourth-order valence-corrected chi connectivity index (χ4v) is 5.35. The Labute approximate surface area is 199 Å².